The molecule has 1 unspecified atom stereocenters. The third-order valence-corrected chi connectivity index (χ3v) is 5.88. The lowest BCUT2D eigenvalue weighted by atomic mass is 10.1. The van der Waals surface area contributed by atoms with Gasteiger partial charge in [-0.25, -0.2) is 8.42 Å². The van der Waals surface area contributed by atoms with E-state index in [9.17, 15) is 44.7 Å². The molecule has 0 saturated carbocycles. The quantitative estimate of drug-likeness (QED) is 0.626. The highest BCUT2D eigenvalue weighted by molar-refractivity contribution is 7.90. The number of carbonyl (C=O) groups is 1. The number of hydrogen-bond donors (Lipinski definition) is 2. The van der Waals surface area contributed by atoms with Crippen LogP contribution in [0.3, 0.4) is 0 Å². The topological polar surface area (TPSA) is 83.5 Å². The van der Waals surface area contributed by atoms with E-state index in [0.29, 0.717) is 18.2 Å². The highest BCUT2D eigenvalue weighted by atomic mass is 32.2. The van der Waals surface area contributed by atoms with E-state index in [0.717, 1.165) is 37.3 Å². The summed E-state index contributed by atoms with van der Waals surface area (Å²) in [5, 5.41) is 12.4. The number of hydrogen-bond acceptors (Lipinski definition) is 4. The van der Waals surface area contributed by atoms with E-state index in [1.165, 1.54) is 0 Å². The Morgan fingerprint density at radius 1 is 0.935 bits per heavy atom. The van der Waals surface area contributed by atoms with Crippen molar-refractivity contribution in [2.45, 2.75) is 30.6 Å². The number of aliphatic hydroxyl groups is 1. The molecule has 0 aliphatic rings. The van der Waals surface area contributed by atoms with E-state index >= 15 is 0 Å². The minimum atomic E-state index is -4.67. The van der Waals surface area contributed by atoms with Crippen molar-refractivity contribution >= 4 is 21.4 Å². The smallest absolute Gasteiger partial charge is 0.379 e. The molecule has 0 radical (unpaired) electrons. The molecule has 0 saturated heterocycles. The van der Waals surface area contributed by atoms with Crippen molar-refractivity contribution in [1.29, 1.82) is 0 Å². The minimum Gasteiger partial charge on any atom is -0.379 e. The lowest BCUT2D eigenvalue weighted by molar-refractivity contribution is -0.138. The summed E-state index contributed by atoms with van der Waals surface area (Å²) in [5.74, 6) is -3.19. The Hall–Kier alpha value is -2.60. The molecule has 12 heteroatoms. The maximum atomic E-state index is 12.8. The molecule has 0 fully saturated rings. The van der Waals surface area contributed by atoms with Crippen LogP contribution in [-0.2, 0) is 32.7 Å². The van der Waals surface area contributed by atoms with Crippen molar-refractivity contribution in [3.8, 4) is 0 Å². The zero-order valence-electron chi connectivity index (χ0n) is 15.9. The van der Waals surface area contributed by atoms with E-state index in [4.69, 9.17) is 0 Å². The Morgan fingerprint density at radius 2 is 1.48 bits per heavy atom. The normalized spacial score (nSPS) is 14.7. The number of amides is 1. The molecule has 0 spiro atoms. The fraction of sp³-hybridized carbons (Fsp3) is 0.316. The molecule has 2 rings (SSSR count). The molecule has 2 N–H and O–H groups in total. The summed E-state index contributed by atoms with van der Waals surface area (Å²) in [6.45, 7) is 0.871. The van der Waals surface area contributed by atoms with Crippen molar-refractivity contribution in [3.05, 3.63) is 65.2 Å². The van der Waals surface area contributed by atoms with E-state index < -0.39 is 56.3 Å². The molecule has 0 aliphatic carbocycles. The Kier molecular flexibility index (Phi) is 6.76. The van der Waals surface area contributed by atoms with Crippen LogP contribution in [0.2, 0.25) is 0 Å². The molecule has 2 aromatic rings. The summed E-state index contributed by atoms with van der Waals surface area (Å²) in [6, 6.07) is 6.83. The van der Waals surface area contributed by atoms with Crippen LogP contribution in [0.15, 0.2) is 48.5 Å². The molecule has 2 aromatic carbocycles. The van der Waals surface area contributed by atoms with E-state index in [1.807, 2.05) is 0 Å². The largest absolute Gasteiger partial charge is 0.416 e. The Morgan fingerprint density at radius 3 is 2.00 bits per heavy atom. The van der Waals surface area contributed by atoms with E-state index in [1.54, 1.807) is 0 Å². The molecular formula is C19H17F6NO4S. The summed E-state index contributed by atoms with van der Waals surface area (Å²) >= 11 is 0. The molecule has 5 nitrogen and oxygen atoms in total. The highest BCUT2D eigenvalue weighted by Gasteiger charge is 2.37. The van der Waals surface area contributed by atoms with Gasteiger partial charge < -0.3 is 10.4 Å². The molecular weight excluding hydrogens is 452 g/mol. The first kappa shape index (κ1) is 24.7. The Balaban J connectivity index is 2.10. The summed E-state index contributed by atoms with van der Waals surface area (Å²) in [6.07, 6.45) is -9.27. The monoisotopic (exact) mass is 469 g/mol. The first-order valence-electron chi connectivity index (χ1n) is 8.57. The van der Waals surface area contributed by atoms with Gasteiger partial charge in [0.15, 0.2) is 15.4 Å². The van der Waals surface area contributed by atoms with Crippen LogP contribution in [0.4, 0.5) is 32.0 Å². The SMILES string of the molecule is CC(O)(CS(=O)(=O)Cc1cccc(C(F)(F)F)c1)C(=O)Nc1ccc(C(F)(F)F)cc1. The van der Waals surface area contributed by atoms with Gasteiger partial charge in [-0.1, -0.05) is 18.2 Å². The second kappa shape index (κ2) is 8.50. The van der Waals surface area contributed by atoms with Crippen molar-refractivity contribution < 1.29 is 44.7 Å². The van der Waals surface area contributed by atoms with Crippen LogP contribution in [0, 0.1) is 0 Å². The standard InChI is InChI=1S/C19H17F6NO4S/c1-17(28,16(27)26-15-7-5-13(6-8-15)18(20,21)22)11-31(29,30)10-12-3-2-4-14(9-12)19(23,24)25/h2-9,28H,10-11H2,1H3,(H,26,27). The Labute approximate surface area is 173 Å². The number of rotatable bonds is 6. The first-order valence-corrected chi connectivity index (χ1v) is 10.4. The molecule has 31 heavy (non-hydrogen) atoms. The van der Waals surface area contributed by atoms with Gasteiger partial charge >= 0.3 is 12.4 Å². The van der Waals surface area contributed by atoms with E-state index in [2.05, 4.69) is 5.32 Å². The molecule has 1 atom stereocenters. The maximum Gasteiger partial charge on any atom is 0.416 e. The van der Waals surface area contributed by atoms with Gasteiger partial charge in [0.1, 0.15) is 0 Å². The molecule has 0 bridgehead atoms. The van der Waals surface area contributed by atoms with Gasteiger partial charge in [-0.2, -0.15) is 26.3 Å². The second-order valence-electron chi connectivity index (χ2n) is 7.03. The summed E-state index contributed by atoms with van der Waals surface area (Å²) in [5.41, 5.74) is -4.82. The predicted molar refractivity (Wildman–Crippen MR) is 99.6 cm³/mol. The fourth-order valence-electron chi connectivity index (χ4n) is 2.64. The van der Waals surface area contributed by atoms with Crippen LogP contribution in [0.5, 0.6) is 0 Å². The average molecular weight is 469 g/mol. The lowest BCUT2D eigenvalue weighted by Gasteiger charge is -2.22. The van der Waals surface area contributed by atoms with Gasteiger partial charge in [0.2, 0.25) is 0 Å². The van der Waals surface area contributed by atoms with Crippen LogP contribution in [0.25, 0.3) is 0 Å². The third kappa shape index (κ3) is 6.96. The number of sulfone groups is 1. The summed E-state index contributed by atoms with van der Waals surface area (Å²) in [7, 11) is -4.24. The van der Waals surface area contributed by atoms with Crippen LogP contribution < -0.4 is 5.32 Å². The second-order valence-corrected chi connectivity index (χ2v) is 9.10. The fourth-order valence-corrected chi connectivity index (χ4v) is 4.42. The number of benzene rings is 2. The number of carbonyl (C=O) groups excluding carboxylic acids is 1. The number of alkyl halides is 6. The molecule has 0 heterocycles. The van der Waals surface area contributed by atoms with Gasteiger partial charge in [-0.15, -0.1) is 0 Å². The number of halogens is 6. The number of nitrogens with one attached hydrogen (secondary N) is 1. The van der Waals surface area contributed by atoms with Gasteiger partial charge in [0.25, 0.3) is 5.91 Å². The minimum absolute atomic E-state index is 0.117. The number of anilines is 1. The van der Waals surface area contributed by atoms with Crippen molar-refractivity contribution in [1.82, 2.24) is 0 Å². The van der Waals surface area contributed by atoms with Gasteiger partial charge in [0, 0.05) is 5.69 Å². The zero-order valence-corrected chi connectivity index (χ0v) is 16.7. The van der Waals surface area contributed by atoms with Gasteiger partial charge in [0.05, 0.1) is 22.6 Å². The van der Waals surface area contributed by atoms with Crippen molar-refractivity contribution in [2.24, 2.45) is 0 Å². The van der Waals surface area contributed by atoms with Crippen molar-refractivity contribution in [3.63, 3.8) is 0 Å². The third-order valence-electron chi connectivity index (χ3n) is 4.10. The molecule has 0 aliphatic heterocycles. The zero-order chi connectivity index (χ0) is 23.7. The predicted octanol–water partition coefficient (Wildman–Crippen LogP) is 4.03. The lowest BCUT2D eigenvalue weighted by Crippen LogP contribution is -2.46. The van der Waals surface area contributed by atoms with Gasteiger partial charge in [-0.05, 0) is 42.8 Å². The van der Waals surface area contributed by atoms with Crippen LogP contribution in [0.1, 0.15) is 23.6 Å². The average Bonchev–Trinajstić information content (AvgIpc) is 2.59. The van der Waals surface area contributed by atoms with Crippen LogP contribution in [-0.4, -0.2) is 30.8 Å². The van der Waals surface area contributed by atoms with Gasteiger partial charge in [-0.3, -0.25) is 4.79 Å². The molecule has 170 valence electrons. The van der Waals surface area contributed by atoms with Crippen LogP contribution >= 0.6 is 0 Å². The summed E-state index contributed by atoms with van der Waals surface area (Å²) < 4.78 is 101. The maximum absolute atomic E-state index is 12.8. The molecule has 1 amide bonds. The highest BCUT2D eigenvalue weighted by Crippen LogP contribution is 2.31. The van der Waals surface area contributed by atoms with Crippen molar-refractivity contribution in [2.75, 3.05) is 11.1 Å². The molecule has 0 aromatic heterocycles. The van der Waals surface area contributed by atoms with E-state index in [-0.39, 0.29) is 11.3 Å². The first-order chi connectivity index (χ1) is 14.0. The summed E-state index contributed by atoms with van der Waals surface area (Å²) in [4.78, 5) is 12.2. The Bertz CT molecular complexity index is 1040.